The molecule has 2 aromatic heterocycles. The number of aromatic nitrogens is 2. The highest BCUT2D eigenvalue weighted by Gasteiger charge is 2.04. The molecule has 4 aromatic rings. The van der Waals surface area contributed by atoms with Crippen LogP contribution in [0.1, 0.15) is 0 Å². The highest BCUT2D eigenvalue weighted by Crippen LogP contribution is 2.28. The summed E-state index contributed by atoms with van der Waals surface area (Å²) in [6, 6.07) is 12.8. The zero-order valence-electron chi connectivity index (χ0n) is 9.33. The fourth-order valence-corrected chi connectivity index (χ4v) is 3.39. The van der Waals surface area contributed by atoms with Gasteiger partial charge in [0.2, 0.25) is 0 Å². The average Bonchev–Trinajstić information content (AvgIpc) is 3.05. The molecule has 0 amide bonds. The first kappa shape index (κ1) is 10.2. The summed E-state index contributed by atoms with van der Waals surface area (Å²) in [5, 5.41) is 0. The molecule has 0 saturated heterocycles. The van der Waals surface area contributed by atoms with Gasteiger partial charge in [0, 0.05) is 0 Å². The minimum atomic E-state index is 1.07. The van der Waals surface area contributed by atoms with Crippen molar-refractivity contribution in [2.24, 2.45) is 0 Å². The van der Waals surface area contributed by atoms with Crippen LogP contribution in [0.4, 0.5) is 0 Å². The number of hydrogen-bond donors (Lipinski definition) is 0. The number of benzene rings is 2. The van der Waals surface area contributed by atoms with Gasteiger partial charge in [0.15, 0.2) is 0 Å². The smallest absolute Gasteiger partial charge is 0.0818 e. The highest BCUT2D eigenvalue weighted by atomic mass is 32.1. The van der Waals surface area contributed by atoms with Crippen LogP contribution in [0.2, 0.25) is 0 Å². The summed E-state index contributed by atoms with van der Waals surface area (Å²) in [5.74, 6) is 0. The van der Waals surface area contributed by atoms with Crippen LogP contribution in [-0.2, 0) is 0 Å². The molecule has 18 heavy (non-hydrogen) atoms. The van der Waals surface area contributed by atoms with E-state index in [0.29, 0.717) is 0 Å². The summed E-state index contributed by atoms with van der Waals surface area (Å²) in [7, 11) is 0. The molecule has 2 aromatic carbocycles. The van der Waals surface area contributed by atoms with Crippen molar-refractivity contribution in [2.75, 3.05) is 0 Å². The maximum absolute atomic E-state index is 4.36. The number of thiazole rings is 2. The molecule has 2 heterocycles. The van der Waals surface area contributed by atoms with E-state index in [1.165, 1.54) is 20.5 Å². The molecule has 4 rings (SSSR count). The van der Waals surface area contributed by atoms with E-state index in [9.17, 15) is 0 Å². The highest BCUT2D eigenvalue weighted by molar-refractivity contribution is 7.17. The number of nitrogens with zero attached hydrogens (tertiary/aromatic N) is 2. The summed E-state index contributed by atoms with van der Waals surface area (Å²) in [6.07, 6.45) is 0. The van der Waals surface area contributed by atoms with Gasteiger partial charge >= 0.3 is 0 Å². The summed E-state index contributed by atoms with van der Waals surface area (Å²) in [5.41, 5.74) is 8.30. The van der Waals surface area contributed by atoms with Gasteiger partial charge < -0.3 is 0 Å². The van der Waals surface area contributed by atoms with Crippen molar-refractivity contribution in [3.05, 3.63) is 47.4 Å². The zero-order valence-corrected chi connectivity index (χ0v) is 11.0. The van der Waals surface area contributed by atoms with Gasteiger partial charge in [0.25, 0.3) is 0 Å². The first-order chi connectivity index (χ1) is 8.90. The Kier molecular flexibility index (Phi) is 2.18. The summed E-state index contributed by atoms with van der Waals surface area (Å²) >= 11 is 3.35. The lowest BCUT2D eigenvalue weighted by Gasteiger charge is -2.01. The minimum Gasteiger partial charge on any atom is -0.245 e. The molecule has 0 fully saturated rings. The second kappa shape index (κ2) is 3.86. The van der Waals surface area contributed by atoms with E-state index < -0.39 is 0 Å². The van der Waals surface area contributed by atoms with Gasteiger partial charge in [0.1, 0.15) is 0 Å². The van der Waals surface area contributed by atoms with Gasteiger partial charge in [-0.25, -0.2) is 9.97 Å². The van der Waals surface area contributed by atoms with Crippen LogP contribution < -0.4 is 0 Å². The maximum Gasteiger partial charge on any atom is 0.0818 e. The standard InChI is InChI=1S/C14H8N2S2/c1-3-13-11(15-7-17-13)5-9(1)10-2-4-14-12(6-10)16-8-18-14/h1-8H. The number of hydrogen-bond acceptors (Lipinski definition) is 4. The molecular weight excluding hydrogens is 260 g/mol. The Morgan fingerprint density at radius 3 is 1.67 bits per heavy atom. The van der Waals surface area contributed by atoms with Crippen LogP contribution in [0.5, 0.6) is 0 Å². The van der Waals surface area contributed by atoms with Crippen molar-refractivity contribution in [2.45, 2.75) is 0 Å². The molecule has 0 unspecified atom stereocenters. The SMILES string of the molecule is c1nc2cc(-c3ccc4scnc4c3)ccc2s1. The Labute approximate surface area is 112 Å². The van der Waals surface area contributed by atoms with Gasteiger partial charge in [-0.2, -0.15) is 0 Å². The Hall–Kier alpha value is -1.78. The lowest BCUT2D eigenvalue weighted by Crippen LogP contribution is -1.78. The Balaban J connectivity index is 1.93. The summed E-state index contributed by atoms with van der Waals surface area (Å²) in [6.45, 7) is 0. The molecule has 0 saturated carbocycles. The first-order valence-electron chi connectivity index (χ1n) is 5.57. The predicted octanol–water partition coefficient (Wildman–Crippen LogP) is 4.57. The quantitative estimate of drug-likeness (QED) is 0.505. The van der Waals surface area contributed by atoms with E-state index in [1.807, 2.05) is 11.0 Å². The molecule has 0 radical (unpaired) electrons. The van der Waals surface area contributed by atoms with Gasteiger partial charge in [-0.1, -0.05) is 12.1 Å². The average molecular weight is 268 g/mol. The van der Waals surface area contributed by atoms with Crippen molar-refractivity contribution in [3.63, 3.8) is 0 Å². The first-order valence-corrected chi connectivity index (χ1v) is 7.33. The molecule has 86 valence electrons. The van der Waals surface area contributed by atoms with Gasteiger partial charge in [-0.15, -0.1) is 22.7 Å². The van der Waals surface area contributed by atoms with E-state index in [4.69, 9.17) is 0 Å². The Morgan fingerprint density at radius 2 is 1.17 bits per heavy atom. The molecule has 0 atom stereocenters. The monoisotopic (exact) mass is 268 g/mol. The molecule has 0 bridgehead atoms. The molecular formula is C14H8N2S2. The molecule has 0 aliphatic heterocycles. The minimum absolute atomic E-state index is 1.07. The van der Waals surface area contributed by atoms with E-state index in [0.717, 1.165) is 11.0 Å². The van der Waals surface area contributed by atoms with Crippen LogP contribution in [-0.4, -0.2) is 9.97 Å². The number of rotatable bonds is 1. The maximum atomic E-state index is 4.36. The van der Waals surface area contributed by atoms with Crippen molar-refractivity contribution in [1.29, 1.82) is 0 Å². The predicted molar refractivity (Wildman–Crippen MR) is 78.2 cm³/mol. The topological polar surface area (TPSA) is 25.8 Å². The van der Waals surface area contributed by atoms with Gasteiger partial charge in [0.05, 0.1) is 31.5 Å². The van der Waals surface area contributed by atoms with E-state index in [-0.39, 0.29) is 0 Å². The third-order valence-electron chi connectivity index (χ3n) is 2.99. The van der Waals surface area contributed by atoms with Gasteiger partial charge in [-0.05, 0) is 35.4 Å². The fraction of sp³-hybridized carbons (Fsp3) is 0. The lowest BCUT2D eigenvalue weighted by atomic mass is 10.1. The molecule has 2 nitrogen and oxygen atoms in total. The van der Waals surface area contributed by atoms with E-state index >= 15 is 0 Å². The third-order valence-corrected chi connectivity index (χ3v) is 4.61. The van der Waals surface area contributed by atoms with Crippen molar-refractivity contribution < 1.29 is 0 Å². The summed E-state index contributed by atoms with van der Waals surface area (Å²) in [4.78, 5) is 8.72. The zero-order chi connectivity index (χ0) is 11.9. The molecule has 4 heteroatoms. The fourth-order valence-electron chi connectivity index (χ4n) is 2.07. The van der Waals surface area contributed by atoms with Crippen LogP contribution in [0.15, 0.2) is 47.4 Å². The molecule has 0 N–H and O–H groups in total. The van der Waals surface area contributed by atoms with Crippen molar-refractivity contribution >= 4 is 43.1 Å². The normalized spacial score (nSPS) is 11.3. The summed E-state index contributed by atoms with van der Waals surface area (Å²) < 4.78 is 2.46. The second-order valence-electron chi connectivity index (χ2n) is 4.07. The van der Waals surface area contributed by atoms with Crippen molar-refractivity contribution in [3.8, 4) is 11.1 Å². The van der Waals surface area contributed by atoms with Crippen LogP contribution in [0.25, 0.3) is 31.6 Å². The van der Waals surface area contributed by atoms with Crippen LogP contribution >= 0.6 is 22.7 Å². The lowest BCUT2D eigenvalue weighted by molar-refractivity contribution is 1.49. The largest absolute Gasteiger partial charge is 0.245 e. The van der Waals surface area contributed by atoms with E-state index in [1.54, 1.807) is 22.7 Å². The van der Waals surface area contributed by atoms with E-state index in [2.05, 4.69) is 46.4 Å². The third kappa shape index (κ3) is 1.54. The number of fused-ring (bicyclic) bond motifs is 2. The molecule has 0 spiro atoms. The molecule has 0 aliphatic carbocycles. The van der Waals surface area contributed by atoms with Crippen LogP contribution in [0.3, 0.4) is 0 Å². The van der Waals surface area contributed by atoms with Crippen molar-refractivity contribution in [1.82, 2.24) is 9.97 Å². The Morgan fingerprint density at radius 1 is 0.667 bits per heavy atom. The Bertz CT molecular complexity index is 773. The molecule has 0 aliphatic rings. The van der Waals surface area contributed by atoms with Gasteiger partial charge in [-0.3, -0.25) is 0 Å². The van der Waals surface area contributed by atoms with Crippen LogP contribution in [0, 0.1) is 0 Å². The second-order valence-corrected chi connectivity index (χ2v) is 5.84.